The summed E-state index contributed by atoms with van der Waals surface area (Å²) in [6, 6.07) is 0. The van der Waals surface area contributed by atoms with Crippen molar-refractivity contribution in [1.29, 1.82) is 0 Å². The summed E-state index contributed by atoms with van der Waals surface area (Å²) in [6.45, 7) is 1.63. The molecular weight excluding hydrogens is 258 g/mol. The molecule has 1 aromatic heterocycles. The van der Waals surface area contributed by atoms with Crippen LogP contribution in [0.1, 0.15) is 44.3 Å². The minimum atomic E-state index is -2.68. The molecule has 1 heterocycles. The number of halogens is 2. The molecule has 106 valence electrons. The van der Waals surface area contributed by atoms with Crippen LogP contribution in [-0.4, -0.2) is 37.2 Å². The Labute approximate surface area is 108 Å². The molecule has 0 spiro atoms. The van der Waals surface area contributed by atoms with Crippen molar-refractivity contribution in [2.75, 3.05) is 0 Å². The maximum absolute atomic E-state index is 13.4. The van der Waals surface area contributed by atoms with Gasteiger partial charge in [0.25, 0.3) is 0 Å². The highest BCUT2D eigenvalue weighted by Gasteiger charge is 2.39. The number of aromatic nitrogens is 4. The second-order valence-electron chi connectivity index (χ2n) is 5.11. The molecule has 0 aliphatic heterocycles. The second kappa shape index (κ2) is 5.18. The summed E-state index contributed by atoms with van der Waals surface area (Å²) in [4.78, 5) is 10.8. The summed E-state index contributed by atoms with van der Waals surface area (Å²) in [5.41, 5.74) is 0. The van der Waals surface area contributed by atoms with E-state index in [0.717, 1.165) is 0 Å². The van der Waals surface area contributed by atoms with Gasteiger partial charge in [0.05, 0.1) is 12.5 Å². The Morgan fingerprint density at radius 2 is 2.37 bits per heavy atom. The zero-order chi connectivity index (χ0) is 14.0. The Morgan fingerprint density at radius 1 is 1.63 bits per heavy atom. The lowest BCUT2D eigenvalue weighted by Crippen LogP contribution is -2.28. The standard InChI is InChI=1S/C11H16F2N4O2/c1-7(10(18)19)6-17-9(14-15-16-17)8-3-2-4-11(12,13)5-8/h7-8H,2-6H2,1H3,(H,18,19). The van der Waals surface area contributed by atoms with Crippen molar-refractivity contribution in [3.8, 4) is 0 Å². The molecule has 0 radical (unpaired) electrons. The molecule has 1 aromatic rings. The molecule has 1 saturated carbocycles. The quantitative estimate of drug-likeness (QED) is 0.903. The van der Waals surface area contributed by atoms with Crippen molar-refractivity contribution in [2.24, 2.45) is 5.92 Å². The van der Waals surface area contributed by atoms with Crippen molar-refractivity contribution in [2.45, 2.75) is 51.0 Å². The van der Waals surface area contributed by atoms with Gasteiger partial charge < -0.3 is 5.11 Å². The zero-order valence-corrected chi connectivity index (χ0v) is 10.6. The van der Waals surface area contributed by atoms with E-state index in [-0.39, 0.29) is 19.4 Å². The number of aliphatic carboxylic acids is 1. The molecule has 1 N–H and O–H groups in total. The summed E-state index contributed by atoms with van der Waals surface area (Å²) >= 11 is 0. The first-order chi connectivity index (χ1) is 8.89. The highest BCUT2D eigenvalue weighted by Crippen LogP contribution is 2.40. The maximum atomic E-state index is 13.4. The van der Waals surface area contributed by atoms with E-state index < -0.39 is 23.7 Å². The molecule has 0 amide bonds. The van der Waals surface area contributed by atoms with E-state index in [1.54, 1.807) is 0 Å². The molecule has 0 aromatic carbocycles. The summed E-state index contributed by atoms with van der Waals surface area (Å²) in [5, 5.41) is 19.8. The number of carbonyl (C=O) groups is 1. The molecule has 0 bridgehead atoms. The summed E-state index contributed by atoms with van der Waals surface area (Å²) < 4.78 is 28.1. The topological polar surface area (TPSA) is 80.9 Å². The average molecular weight is 274 g/mol. The Morgan fingerprint density at radius 3 is 3.00 bits per heavy atom. The molecule has 2 unspecified atom stereocenters. The molecule has 2 rings (SSSR count). The lowest BCUT2D eigenvalue weighted by atomic mass is 9.86. The third kappa shape index (κ3) is 3.24. The van der Waals surface area contributed by atoms with E-state index in [2.05, 4.69) is 15.5 Å². The number of alkyl halides is 2. The fraction of sp³-hybridized carbons (Fsp3) is 0.818. The molecule has 8 heteroatoms. The lowest BCUT2D eigenvalue weighted by Gasteiger charge is -2.28. The van der Waals surface area contributed by atoms with Crippen LogP contribution in [0.3, 0.4) is 0 Å². The third-order valence-electron chi connectivity index (χ3n) is 3.43. The van der Waals surface area contributed by atoms with Gasteiger partial charge in [-0.25, -0.2) is 13.5 Å². The Bertz CT molecular complexity index is 463. The number of hydrogen-bond donors (Lipinski definition) is 1. The van der Waals surface area contributed by atoms with E-state index >= 15 is 0 Å². The van der Waals surface area contributed by atoms with Gasteiger partial charge in [-0.1, -0.05) is 6.92 Å². The normalized spacial score (nSPS) is 24.1. The van der Waals surface area contributed by atoms with Crippen LogP contribution in [0, 0.1) is 5.92 Å². The van der Waals surface area contributed by atoms with Crippen molar-refractivity contribution in [3.05, 3.63) is 5.82 Å². The van der Waals surface area contributed by atoms with Crippen LogP contribution < -0.4 is 0 Å². The maximum Gasteiger partial charge on any atom is 0.308 e. The molecule has 2 atom stereocenters. The predicted molar refractivity (Wildman–Crippen MR) is 60.8 cm³/mol. The van der Waals surface area contributed by atoms with E-state index in [9.17, 15) is 13.6 Å². The summed E-state index contributed by atoms with van der Waals surface area (Å²) in [7, 11) is 0. The molecular formula is C11H16F2N4O2. The van der Waals surface area contributed by atoms with Gasteiger partial charge in [-0.05, 0) is 23.3 Å². The molecule has 1 aliphatic carbocycles. The average Bonchev–Trinajstić information content (AvgIpc) is 2.75. The number of rotatable bonds is 4. The van der Waals surface area contributed by atoms with Gasteiger partial charge in [0, 0.05) is 18.8 Å². The van der Waals surface area contributed by atoms with Gasteiger partial charge in [-0.2, -0.15) is 0 Å². The third-order valence-corrected chi connectivity index (χ3v) is 3.43. The monoisotopic (exact) mass is 274 g/mol. The van der Waals surface area contributed by atoms with Crippen molar-refractivity contribution < 1.29 is 18.7 Å². The van der Waals surface area contributed by atoms with Gasteiger partial charge in [0.15, 0.2) is 5.82 Å². The van der Waals surface area contributed by atoms with Crippen LogP contribution in [0.2, 0.25) is 0 Å². The van der Waals surface area contributed by atoms with Crippen LogP contribution in [-0.2, 0) is 11.3 Å². The summed E-state index contributed by atoms with van der Waals surface area (Å²) in [5.74, 6) is -4.34. The SMILES string of the molecule is CC(Cn1nnnc1C1CCCC(F)(F)C1)C(=O)O. The zero-order valence-electron chi connectivity index (χ0n) is 10.6. The number of nitrogens with zero attached hydrogens (tertiary/aromatic N) is 4. The van der Waals surface area contributed by atoms with Crippen molar-refractivity contribution in [1.82, 2.24) is 20.2 Å². The number of carboxylic acids is 1. The molecule has 1 fully saturated rings. The van der Waals surface area contributed by atoms with E-state index in [4.69, 9.17) is 5.11 Å². The number of carboxylic acid groups (broad SMARTS) is 1. The van der Waals surface area contributed by atoms with Crippen LogP contribution in [0.15, 0.2) is 0 Å². The highest BCUT2D eigenvalue weighted by atomic mass is 19.3. The van der Waals surface area contributed by atoms with Gasteiger partial charge in [0.2, 0.25) is 5.92 Å². The van der Waals surface area contributed by atoms with E-state index in [1.165, 1.54) is 11.6 Å². The first kappa shape index (κ1) is 13.8. The Hall–Kier alpha value is -1.60. The van der Waals surface area contributed by atoms with E-state index in [1.807, 2.05) is 0 Å². The van der Waals surface area contributed by atoms with Gasteiger partial charge in [-0.15, -0.1) is 5.10 Å². The van der Waals surface area contributed by atoms with Gasteiger partial charge in [0.1, 0.15) is 0 Å². The highest BCUT2D eigenvalue weighted by molar-refractivity contribution is 5.69. The van der Waals surface area contributed by atoms with Crippen LogP contribution in [0.25, 0.3) is 0 Å². The largest absolute Gasteiger partial charge is 0.481 e. The first-order valence-corrected chi connectivity index (χ1v) is 6.26. The number of tetrazole rings is 1. The second-order valence-corrected chi connectivity index (χ2v) is 5.11. The molecule has 6 nitrogen and oxygen atoms in total. The molecule has 1 aliphatic rings. The van der Waals surface area contributed by atoms with E-state index in [0.29, 0.717) is 18.7 Å². The number of hydrogen-bond acceptors (Lipinski definition) is 4. The fourth-order valence-electron chi connectivity index (χ4n) is 2.36. The van der Waals surface area contributed by atoms with Crippen LogP contribution in [0.5, 0.6) is 0 Å². The minimum Gasteiger partial charge on any atom is -0.481 e. The van der Waals surface area contributed by atoms with Crippen LogP contribution in [0.4, 0.5) is 8.78 Å². The van der Waals surface area contributed by atoms with Gasteiger partial charge >= 0.3 is 5.97 Å². The first-order valence-electron chi connectivity index (χ1n) is 6.26. The molecule has 0 saturated heterocycles. The Kier molecular flexibility index (Phi) is 3.77. The van der Waals surface area contributed by atoms with Crippen molar-refractivity contribution >= 4 is 5.97 Å². The van der Waals surface area contributed by atoms with Gasteiger partial charge in [-0.3, -0.25) is 4.79 Å². The lowest BCUT2D eigenvalue weighted by molar-refractivity contribution is -0.141. The van der Waals surface area contributed by atoms with Crippen LogP contribution >= 0.6 is 0 Å². The Balaban J connectivity index is 2.13. The fourth-order valence-corrected chi connectivity index (χ4v) is 2.36. The summed E-state index contributed by atoms with van der Waals surface area (Å²) in [6.07, 6.45) is 0.668. The molecule has 19 heavy (non-hydrogen) atoms. The smallest absolute Gasteiger partial charge is 0.308 e. The minimum absolute atomic E-state index is 0.0970. The predicted octanol–water partition coefficient (Wildman–Crippen LogP) is 1.69. The van der Waals surface area contributed by atoms with Crippen molar-refractivity contribution in [3.63, 3.8) is 0 Å².